The molecule has 1 aliphatic rings. The zero-order valence-electron chi connectivity index (χ0n) is 14.8. The molecule has 0 aliphatic carbocycles. The van der Waals surface area contributed by atoms with Gasteiger partial charge < -0.3 is 5.32 Å². The van der Waals surface area contributed by atoms with E-state index in [2.05, 4.69) is 5.32 Å². The SMILES string of the molecule is O=C(Nc1ccccc1S(=O)(=O)N1CCCCC1)c1ccc([N+](=O)[O-])cc1Cl. The Hall–Kier alpha value is -2.49. The molecule has 0 radical (unpaired) electrons. The van der Waals surface area contributed by atoms with E-state index in [4.69, 9.17) is 11.6 Å². The fourth-order valence-electron chi connectivity index (χ4n) is 3.03. The van der Waals surface area contributed by atoms with Crippen LogP contribution in [-0.4, -0.2) is 36.6 Å². The van der Waals surface area contributed by atoms with Crippen LogP contribution in [-0.2, 0) is 10.0 Å². The molecule has 28 heavy (non-hydrogen) atoms. The van der Waals surface area contributed by atoms with Crippen LogP contribution in [0.25, 0.3) is 0 Å². The Bertz CT molecular complexity index is 1020. The van der Waals surface area contributed by atoms with Crippen molar-refractivity contribution in [3.63, 3.8) is 0 Å². The molecule has 1 saturated heterocycles. The summed E-state index contributed by atoms with van der Waals surface area (Å²) in [5.74, 6) is -0.652. The number of nitrogens with zero attached hydrogens (tertiary/aromatic N) is 2. The summed E-state index contributed by atoms with van der Waals surface area (Å²) >= 11 is 5.99. The molecule has 10 heteroatoms. The molecule has 0 atom stereocenters. The Morgan fingerprint density at radius 2 is 1.79 bits per heavy atom. The summed E-state index contributed by atoms with van der Waals surface area (Å²) in [5, 5.41) is 13.3. The van der Waals surface area contributed by atoms with E-state index in [0.717, 1.165) is 31.4 Å². The molecule has 1 fully saturated rings. The largest absolute Gasteiger partial charge is 0.321 e. The van der Waals surface area contributed by atoms with E-state index < -0.39 is 20.9 Å². The number of rotatable bonds is 5. The van der Waals surface area contributed by atoms with Gasteiger partial charge in [-0.15, -0.1) is 0 Å². The van der Waals surface area contributed by atoms with Gasteiger partial charge in [-0.1, -0.05) is 30.2 Å². The molecule has 1 amide bonds. The van der Waals surface area contributed by atoms with Crippen LogP contribution in [0.3, 0.4) is 0 Å². The first-order valence-corrected chi connectivity index (χ1v) is 10.5. The van der Waals surface area contributed by atoms with E-state index in [1.165, 1.54) is 22.5 Å². The van der Waals surface area contributed by atoms with Crippen molar-refractivity contribution in [3.05, 3.63) is 63.2 Å². The van der Waals surface area contributed by atoms with Crippen LogP contribution in [0.2, 0.25) is 5.02 Å². The number of sulfonamides is 1. The molecule has 8 nitrogen and oxygen atoms in total. The number of anilines is 1. The first kappa shape index (κ1) is 20.2. The highest BCUT2D eigenvalue weighted by Gasteiger charge is 2.28. The molecule has 0 bridgehead atoms. The van der Waals surface area contributed by atoms with Crippen LogP contribution < -0.4 is 5.32 Å². The zero-order chi connectivity index (χ0) is 20.3. The van der Waals surface area contributed by atoms with Crippen molar-refractivity contribution in [3.8, 4) is 0 Å². The van der Waals surface area contributed by atoms with Gasteiger partial charge in [0.1, 0.15) is 4.90 Å². The molecule has 0 unspecified atom stereocenters. The molecule has 1 aliphatic heterocycles. The third kappa shape index (κ3) is 4.16. The van der Waals surface area contributed by atoms with E-state index in [9.17, 15) is 23.3 Å². The van der Waals surface area contributed by atoms with Crippen LogP contribution in [0, 0.1) is 10.1 Å². The van der Waals surface area contributed by atoms with Crippen molar-refractivity contribution in [2.45, 2.75) is 24.2 Å². The van der Waals surface area contributed by atoms with Crippen LogP contribution in [0.5, 0.6) is 0 Å². The molecule has 3 rings (SSSR count). The number of carbonyl (C=O) groups excluding carboxylic acids is 1. The summed E-state index contributed by atoms with van der Waals surface area (Å²) < 4.78 is 27.4. The maximum atomic E-state index is 13.0. The van der Waals surface area contributed by atoms with Gasteiger partial charge in [-0.3, -0.25) is 14.9 Å². The molecule has 2 aromatic carbocycles. The number of nitro groups is 1. The van der Waals surface area contributed by atoms with E-state index in [0.29, 0.717) is 13.1 Å². The summed E-state index contributed by atoms with van der Waals surface area (Å²) in [6.45, 7) is 0.886. The quantitative estimate of drug-likeness (QED) is 0.582. The molecular formula is C18H18ClN3O5S. The number of piperidine rings is 1. The highest BCUT2D eigenvalue weighted by Crippen LogP contribution is 2.28. The van der Waals surface area contributed by atoms with Gasteiger partial charge in [0.2, 0.25) is 10.0 Å². The normalized spacial score (nSPS) is 15.2. The molecular weight excluding hydrogens is 406 g/mol. The standard InChI is InChI=1S/C18H18ClN3O5S/c19-15-12-13(22(24)25)8-9-14(15)18(23)20-16-6-2-3-7-17(16)28(26,27)21-10-4-1-5-11-21/h2-3,6-9,12H,1,4-5,10-11H2,(H,20,23). The molecule has 148 valence electrons. The third-order valence-electron chi connectivity index (χ3n) is 4.48. The predicted octanol–water partition coefficient (Wildman–Crippen LogP) is 3.68. The van der Waals surface area contributed by atoms with E-state index in [-0.39, 0.29) is 26.9 Å². The van der Waals surface area contributed by atoms with Gasteiger partial charge in [-0.2, -0.15) is 4.31 Å². The number of halogens is 1. The minimum atomic E-state index is -3.75. The first-order chi connectivity index (χ1) is 13.3. The predicted molar refractivity (Wildman–Crippen MR) is 105 cm³/mol. The number of benzene rings is 2. The number of carbonyl (C=O) groups is 1. The number of nitro benzene ring substituents is 1. The van der Waals surface area contributed by atoms with Crippen molar-refractivity contribution in [2.75, 3.05) is 18.4 Å². The monoisotopic (exact) mass is 423 g/mol. The first-order valence-electron chi connectivity index (χ1n) is 8.65. The molecule has 1 heterocycles. The summed E-state index contributed by atoms with van der Waals surface area (Å²) in [6, 6.07) is 9.61. The maximum Gasteiger partial charge on any atom is 0.270 e. The Morgan fingerprint density at radius 3 is 2.43 bits per heavy atom. The van der Waals surface area contributed by atoms with E-state index in [1.54, 1.807) is 12.1 Å². The second-order valence-corrected chi connectivity index (χ2v) is 8.65. The van der Waals surface area contributed by atoms with Gasteiger partial charge in [0.25, 0.3) is 11.6 Å². The van der Waals surface area contributed by atoms with E-state index >= 15 is 0 Å². The summed E-state index contributed by atoms with van der Waals surface area (Å²) in [4.78, 5) is 22.8. The minimum absolute atomic E-state index is 0.00304. The van der Waals surface area contributed by atoms with Crippen molar-refractivity contribution in [2.24, 2.45) is 0 Å². The Balaban J connectivity index is 1.89. The number of hydrogen-bond donors (Lipinski definition) is 1. The van der Waals surface area contributed by atoms with Crippen LogP contribution in [0.4, 0.5) is 11.4 Å². The van der Waals surface area contributed by atoms with Gasteiger partial charge in [-0.25, -0.2) is 8.42 Å². The average molecular weight is 424 g/mol. The van der Waals surface area contributed by atoms with Crippen molar-refractivity contribution < 1.29 is 18.1 Å². The molecule has 2 aromatic rings. The lowest BCUT2D eigenvalue weighted by Gasteiger charge is -2.26. The fourth-order valence-corrected chi connectivity index (χ4v) is 4.96. The topological polar surface area (TPSA) is 110 Å². The number of non-ortho nitro benzene ring substituents is 1. The van der Waals surface area contributed by atoms with Crippen molar-refractivity contribution in [1.82, 2.24) is 4.31 Å². The number of para-hydroxylation sites is 1. The lowest BCUT2D eigenvalue weighted by Crippen LogP contribution is -2.36. The highest BCUT2D eigenvalue weighted by atomic mass is 35.5. The highest BCUT2D eigenvalue weighted by molar-refractivity contribution is 7.89. The summed E-state index contributed by atoms with van der Waals surface area (Å²) in [6.07, 6.45) is 2.58. The Kier molecular flexibility index (Phi) is 5.97. The zero-order valence-corrected chi connectivity index (χ0v) is 16.4. The van der Waals surface area contributed by atoms with Crippen LogP contribution >= 0.6 is 11.6 Å². The number of hydrogen-bond acceptors (Lipinski definition) is 5. The number of nitrogens with one attached hydrogen (secondary N) is 1. The molecule has 1 N–H and O–H groups in total. The lowest BCUT2D eigenvalue weighted by atomic mass is 10.2. The minimum Gasteiger partial charge on any atom is -0.321 e. The van der Waals surface area contributed by atoms with Crippen LogP contribution in [0.15, 0.2) is 47.4 Å². The lowest BCUT2D eigenvalue weighted by molar-refractivity contribution is -0.384. The second-order valence-electron chi connectivity index (χ2n) is 6.34. The van der Waals surface area contributed by atoms with E-state index in [1.807, 2.05) is 0 Å². The molecule has 0 aromatic heterocycles. The Labute approximate surface area is 167 Å². The smallest absolute Gasteiger partial charge is 0.270 e. The van der Waals surface area contributed by atoms with Gasteiger partial charge in [0, 0.05) is 25.2 Å². The van der Waals surface area contributed by atoms with Gasteiger partial charge in [-0.05, 0) is 31.0 Å². The third-order valence-corrected chi connectivity index (χ3v) is 6.75. The molecule has 0 spiro atoms. The van der Waals surface area contributed by atoms with Crippen molar-refractivity contribution >= 4 is 38.9 Å². The Morgan fingerprint density at radius 1 is 1.11 bits per heavy atom. The second kappa shape index (κ2) is 8.26. The summed E-state index contributed by atoms with van der Waals surface area (Å²) in [5.41, 5.74) is -0.0976. The van der Waals surface area contributed by atoms with Crippen LogP contribution in [0.1, 0.15) is 29.6 Å². The van der Waals surface area contributed by atoms with Crippen molar-refractivity contribution in [1.29, 1.82) is 0 Å². The summed E-state index contributed by atoms with van der Waals surface area (Å²) in [7, 11) is -3.75. The number of amides is 1. The van der Waals surface area contributed by atoms with Gasteiger partial charge >= 0.3 is 0 Å². The maximum absolute atomic E-state index is 13.0. The van der Waals surface area contributed by atoms with Gasteiger partial charge in [0.05, 0.1) is 21.2 Å². The molecule has 0 saturated carbocycles. The average Bonchev–Trinajstić information content (AvgIpc) is 2.68. The van der Waals surface area contributed by atoms with Gasteiger partial charge in [0.15, 0.2) is 0 Å². The fraction of sp³-hybridized carbons (Fsp3) is 0.278.